The summed E-state index contributed by atoms with van der Waals surface area (Å²) >= 11 is 0. The maximum atomic E-state index is 12.1. The molecule has 0 aliphatic carbocycles. The van der Waals surface area contributed by atoms with E-state index in [1.54, 1.807) is 31.2 Å². The number of rotatable bonds is 7. The van der Waals surface area contributed by atoms with Crippen LogP contribution in [0.25, 0.3) is 6.08 Å². The molecule has 130 valence electrons. The lowest BCUT2D eigenvalue weighted by molar-refractivity contribution is -0.147. The number of benzene rings is 1. The molecule has 0 saturated carbocycles. The van der Waals surface area contributed by atoms with E-state index in [0.29, 0.717) is 23.6 Å². The zero-order chi connectivity index (χ0) is 18.3. The van der Waals surface area contributed by atoms with E-state index in [4.69, 9.17) is 4.74 Å². The van der Waals surface area contributed by atoms with Crippen LogP contribution in [0.15, 0.2) is 29.8 Å². The molecule has 24 heavy (non-hydrogen) atoms. The van der Waals surface area contributed by atoms with E-state index < -0.39 is 17.5 Å². The lowest BCUT2D eigenvalue weighted by atomic mass is 10.1. The van der Waals surface area contributed by atoms with Crippen LogP contribution in [0.2, 0.25) is 0 Å². The largest absolute Gasteiger partial charge is 0.477 e. The number of carbonyl (C=O) groups excluding carboxylic acids is 2. The fourth-order valence-electron chi connectivity index (χ4n) is 2.20. The van der Waals surface area contributed by atoms with Crippen LogP contribution in [0.5, 0.6) is 0 Å². The topological polar surface area (TPSA) is 92.7 Å². The molecule has 1 aromatic rings. The van der Waals surface area contributed by atoms with Gasteiger partial charge < -0.3 is 15.2 Å². The third-order valence-corrected chi connectivity index (χ3v) is 3.10. The quantitative estimate of drug-likeness (QED) is 0.346. The van der Waals surface area contributed by atoms with Crippen LogP contribution in [-0.2, 0) is 19.1 Å². The van der Waals surface area contributed by atoms with Gasteiger partial charge in [0.2, 0.25) is 5.91 Å². The average molecular weight is 333 g/mol. The monoisotopic (exact) mass is 333 g/mol. The van der Waals surface area contributed by atoms with Gasteiger partial charge in [0.15, 0.2) is 0 Å². The maximum Gasteiger partial charge on any atom is 0.345 e. The lowest BCUT2D eigenvalue weighted by Crippen LogP contribution is -2.21. The molecule has 0 bridgehead atoms. The normalized spacial score (nSPS) is 12.6. The van der Waals surface area contributed by atoms with Gasteiger partial charge in [0.05, 0.1) is 6.10 Å². The molecule has 0 aliphatic rings. The summed E-state index contributed by atoms with van der Waals surface area (Å²) in [6.45, 7) is 7.12. The van der Waals surface area contributed by atoms with Gasteiger partial charge in [-0.25, -0.2) is 9.59 Å². The number of hydrogen-bond acceptors (Lipinski definition) is 4. The SMILES string of the molecule is CC(=O)Nc1ccc(C=C(C(=O)O)C(=O)OC(C)CC(C)C)cc1. The Labute approximate surface area is 141 Å². The Hall–Kier alpha value is -2.63. The average Bonchev–Trinajstić information content (AvgIpc) is 2.44. The molecule has 1 rings (SSSR count). The Morgan fingerprint density at radius 1 is 1.17 bits per heavy atom. The van der Waals surface area contributed by atoms with Gasteiger partial charge >= 0.3 is 11.9 Å². The van der Waals surface area contributed by atoms with Gasteiger partial charge in [0, 0.05) is 12.6 Å². The molecule has 6 heteroatoms. The summed E-state index contributed by atoms with van der Waals surface area (Å²) < 4.78 is 5.19. The van der Waals surface area contributed by atoms with Crippen molar-refractivity contribution in [1.82, 2.24) is 0 Å². The third kappa shape index (κ3) is 6.64. The van der Waals surface area contributed by atoms with E-state index in [0.717, 1.165) is 0 Å². The molecule has 0 saturated heterocycles. The molecule has 1 aromatic carbocycles. The number of hydrogen-bond donors (Lipinski definition) is 2. The summed E-state index contributed by atoms with van der Waals surface area (Å²) in [5, 5.41) is 11.9. The summed E-state index contributed by atoms with van der Waals surface area (Å²) in [5.74, 6) is -2.07. The van der Waals surface area contributed by atoms with Crippen molar-refractivity contribution in [2.24, 2.45) is 5.92 Å². The van der Waals surface area contributed by atoms with Gasteiger partial charge in [0.1, 0.15) is 5.57 Å². The molecule has 2 N–H and O–H groups in total. The summed E-state index contributed by atoms with van der Waals surface area (Å²) in [6, 6.07) is 6.47. The smallest absolute Gasteiger partial charge is 0.345 e. The standard InChI is InChI=1S/C18H23NO5/c1-11(2)9-12(3)24-18(23)16(17(21)22)10-14-5-7-15(8-6-14)19-13(4)20/h5-8,10-12H,9H2,1-4H3,(H,19,20)(H,21,22). The highest BCUT2D eigenvalue weighted by Crippen LogP contribution is 2.15. The fraction of sp³-hybridized carbons (Fsp3) is 0.389. The number of carboxylic acid groups (broad SMARTS) is 1. The molecule has 1 unspecified atom stereocenters. The van der Waals surface area contributed by atoms with Crippen LogP contribution in [0.4, 0.5) is 5.69 Å². The summed E-state index contributed by atoms with van der Waals surface area (Å²) in [6.07, 6.45) is 1.55. The minimum Gasteiger partial charge on any atom is -0.477 e. The van der Waals surface area contributed by atoms with Crippen molar-refractivity contribution in [2.45, 2.75) is 40.2 Å². The Morgan fingerprint density at radius 2 is 1.75 bits per heavy atom. The Balaban J connectivity index is 2.90. The first kappa shape index (κ1) is 19.4. The number of ether oxygens (including phenoxy) is 1. The molecule has 0 heterocycles. The Kier molecular flexibility index (Phi) is 7.17. The second-order valence-electron chi connectivity index (χ2n) is 6.01. The van der Waals surface area contributed by atoms with Crippen LogP contribution < -0.4 is 5.32 Å². The van der Waals surface area contributed by atoms with E-state index in [2.05, 4.69) is 5.32 Å². The van der Waals surface area contributed by atoms with Gasteiger partial charge in [-0.3, -0.25) is 4.79 Å². The highest BCUT2D eigenvalue weighted by Gasteiger charge is 2.21. The van der Waals surface area contributed by atoms with Gasteiger partial charge in [-0.05, 0) is 43.0 Å². The van der Waals surface area contributed by atoms with Crippen molar-refractivity contribution in [2.75, 3.05) is 5.32 Å². The molecule has 1 atom stereocenters. The first-order valence-corrected chi connectivity index (χ1v) is 7.72. The molecule has 1 amide bonds. The molecule has 0 aliphatic heterocycles. The maximum absolute atomic E-state index is 12.1. The first-order valence-electron chi connectivity index (χ1n) is 7.72. The van der Waals surface area contributed by atoms with Gasteiger partial charge in [0.25, 0.3) is 0 Å². The lowest BCUT2D eigenvalue weighted by Gasteiger charge is -2.15. The van der Waals surface area contributed by atoms with E-state index >= 15 is 0 Å². The number of esters is 1. The van der Waals surface area contributed by atoms with Crippen molar-refractivity contribution < 1.29 is 24.2 Å². The molecule has 0 fully saturated rings. The number of aliphatic carboxylic acids is 1. The minimum atomic E-state index is -1.34. The van der Waals surface area contributed by atoms with Crippen LogP contribution >= 0.6 is 0 Å². The minimum absolute atomic E-state index is 0.202. The van der Waals surface area contributed by atoms with Gasteiger partial charge in [-0.1, -0.05) is 26.0 Å². The third-order valence-electron chi connectivity index (χ3n) is 3.10. The van der Waals surface area contributed by atoms with E-state index in [-0.39, 0.29) is 12.0 Å². The second-order valence-corrected chi connectivity index (χ2v) is 6.01. The second kappa shape index (κ2) is 8.86. The van der Waals surface area contributed by atoms with Crippen LogP contribution in [0.3, 0.4) is 0 Å². The summed E-state index contributed by atoms with van der Waals surface area (Å²) in [7, 11) is 0. The summed E-state index contributed by atoms with van der Waals surface area (Å²) in [5.41, 5.74) is 0.678. The van der Waals surface area contributed by atoms with Crippen LogP contribution in [0.1, 0.15) is 39.7 Å². The zero-order valence-electron chi connectivity index (χ0n) is 14.3. The summed E-state index contributed by atoms with van der Waals surface area (Å²) in [4.78, 5) is 34.4. The number of nitrogens with one attached hydrogen (secondary N) is 1. The molecule has 0 radical (unpaired) electrons. The van der Waals surface area contributed by atoms with Crippen LogP contribution in [0, 0.1) is 5.92 Å². The highest BCUT2D eigenvalue weighted by atomic mass is 16.5. The van der Waals surface area contributed by atoms with Crippen molar-refractivity contribution in [3.05, 3.63) is 35.4 Å². The van der Waals surface area contributed by atoms with E-state index in [1.807, 2.05) is 13.8 Å². The molecule has 0 spiro atoms. The highest BCUT2D eigenvalue weighted by molar-refractivity contribution is 6.17. The first-order chi connectivity index (χ1) is 11.2. The van der Waals surface area contributed by atoms with Crippen molar-refractivity contribution >= 4 is 29.6 Å². The zero-order valence-corrected chi connectivity index (χ0v) is 14.3. The molecule has 6 nitrogen and oxygen atoms in total. The fourth-order valence-corrected chi connectivity index (χ4v) is 2.20. The molecule has 0 aromatic heterocycles. The number of carbonyl (C=O) groups is 3. The predicted octanol–water partition coefficient (Wildman–Crippen LogP) is 3.09. The number of anilines is 1. The van der Waals surface area contributed by atoms with E-state index in [1.165, 1.54) is 13.0 Å². The Morgan fingerprint density at radius 3 is 2.21 bits per heavy atom. The predicted molar refractivity (Wildman–Crippen MR) is 91.4 cm³/mol. The molecular weight excluding hydrogens is 310 g/mol. The van der Waals surface area contributed by atoms with Crippen molar-refractivity contribution in [3.8, 4) is 0 Å². The van der Waals surface area contributed by atoms with Crippen molar-refractivity contribution in [3.63, 3.8) is 0 Å². The number of carboxylic acids is 1. The Bertz CT molecular complexity index is 631. The molecular formula is C18H23NO5. The number of amides is 1. The van der Waals surface area contributed by atoms with Gasteiger partial charge in [-0.15, -0.1) is 0 Å². The van der Waals surface area contributed by atoms with Gasteiger partial charge in [-0.2, -0.15) is 0 Å². The van der Waals surface area contributed by atoms with Crippen LogP contribution in [-0.4, -0.2) is 29.1 Å². The van der Waals surface area contributed by atoms with Crippen molar-refractivity contribution in [1.29, 1.82) is 0 Å². The van der Waals surface area contributed by atoms with E-state index in [9.17, 15) is 19.5 Å².